The fourth-order valence-corrected chi connectivity index (χ4v) is 2.60. The molecule has 100 valence electrons. The third-order valence-electron chi connectivity index (χ3n) is 3.56. The highest BCUT2D eigenvalue weighted by Gasteiger charge is 2.22. The SMILES string of the molecule is COCC1CCN(c2nc(C)c(C)nc2Cl)CC1. The third-order valence-corrected chi connectivity index (χ3v) is 3.82. The van der Waals surface area contributed by atoms with Gasteiger partial charge in [0.05, 0.1) is 11.4 Å². The van der Waals surface area contributed by atoms with Gasteiger partial charge in [0.15, 0.2) is 11.0 Å². The van der Waals surface area contributed by atoms with Crippen molar-refractivity contribution in [1.82, 2.24) is 9.97 Å². The lowest BCUT2D eigenvalue weighted by molar-refractivity contribution is 0.139. The lowest BCUT2D eigenvalue weighted by Crippen LogP contribution is -2.36. The van der Waals surface area contributed by atoms with Crippen LogP contribution in [0.2, 0.25) is 5.15 Å². The number of hydrogen-bond donors (Lipinski definition) is 0. The summed E-state index contributed by atoms with van der Waals surface area (Å²) in [7, 11) is 1.76. The van der Waals surface area contributed by atoms with Crippen LogP contribution in [0.15, 0.2) is 0 Å². The van der Waals surface area contributed by atoms with Crippen molar-refractivity contribution in [2.45, 2.75) is 26.7 Å². The van der Waals surface area contributed by atoms with E-state index < -0.39 is 0 Å². The number of ether oxygens (including phenoxy) is 1. The number of nitrogens with zero attached hydrogens (tertiary/aromatic N) is 3. The van der Waals surface area contributed by atoms with Crippen LogP contribution in [0.3, 0.4) is 0 Å². The van der Waals surface area contributed by atoms with Crippen LogP contribution in [0, 0.1) is 19.8 Å². The number of rotatable bonds is 3. The summed E-state index contributed by atoms with van der Waals surface area (Å²) in [6.07, 6.45) is 2.25. The second-order valence-electron chi connectivity index (χ2n) is 4.89. The molecule has 1 fully saturated rings. The average molecular weight is 270 g/mol. The summed E-state index contributed by atoms with van der Waals surface area (Å²) in [6.45, 7) is 6.71. The van der Waals surface area contributed by atoms with Gasteiger partial charge >= 0.3 is 0 Å². The Bertz CT molecular complexity index is 417. The van der Waals surface area contributed by atoms with Crippen molar-refractivity contribution < 1.29 is 4.74 Å². The molecule has 0 spiro atoms. The highest BCUT2D eigenvalue weighted by Crippen LogP contribution is 2.27. The molecule has 0 radical (unpaired) electrons. The van der Waals surface area contributed by atoms with Crippen molar-refractivity contribution in [2.75, 3.05) is 31.7 Å². The van der Waals surface area contributed by atoms with Gasteiger partial charge in [-0.25, -0.2) is 9.97 Å². The van der Waals surface area contributed by atoms with Gasteiger partial charge in [0, 0.05) is 26.8 Å². The molecular formula is C13H20ClN3O. The number of aryl methyl sites for hydroxylation is 2. The highest BCUT2D eigenvalue weighted by atomic mass is 35.5. The van der Waals surface area contributed by atoms with E-state index in [-0.39, 0.29) is 0 Å². The molecule has 18 heavy (non-hydrogen) atoms. The maximum Gasteiger partial charge on any atom is 0.171 e. The Hall–Kier alpha value is -0.870. The first-order valence-corrected chi connectivity index (χ1v) is 6.74. The number of halogens is 1. The van der Waals surface area contributed by atoms with E-state index in [9.17, 15) is 0 Å². The van der Waals surface area contributed by atoms with Gasteiger partial charge in [-0.2, -0.15) is 0 Å². The van der Waals surface area contributed by atoms with Gasteiger partial charge in [0.2, 0.25) is 0 Å². The summed E-state index contributed by atoms with van der Waals surface area (Å²) < 4.78 is 5.21. The molecular weight excluding hydrogens is 250 g/mol. The lowest BCUT2D eigenvalue weighted by atomic mass is 9.98. The molecule has 0 N–H and O–H groups in total. The molecule has 0 unspecified atom stereocenters. The monoisotopic (exact) mass is 269 g/mol. The van der Waals surface area contributed by atoms with E-state index in [1.54, 1.807) is 7.11 Å². The van der Waals surface area contributed by atoms with Crippen molar-refractivity contribution in [1.29, 1.82) is 0 Å². The predicted molar refractivity (Wildman–Crippen MR) is 73.3 cm³/mol. The molecule has 1 aromatic heterocycles. The number of piperidine rings is 1. The minimum absolute atomic E-state index is 0.517. The molecule has 4 nitrogen and oxygen atoms in total. The minimum atomic E-state index is 0.517. The van der Waals surface area contributed by atoms with E-state index >= 15 is 0 Å². The van der Waals surface area contributed by atoms with E-state index in [1.807, 2.05) is 13.8 Å². The van der Waals surface area contributed by atoms with Crippen LogP contribution in [-0.2, 0) is 4.74 Å². The molecule has 0 atom stereocenters. The molecule has 0 aromatic carbocycles. The Labute approximate surface area is 113 Å². The Morgan fingerprint density at radius 2 is 1.83 bits per heavy atom. The quantitative estimate of drug-likeness (QED) is 0.846. The zero-order valence-electron chi connectivity index (χ0n) is 11.2. The minimum Gasteiger partial charge on any atom is -0.384 e. The van der Waals surface area contributed by atoms with E-state index in [0.717, 1.165) is 49.7 Å². The molecule has 1 aliphatic heterocycles. The van der Waals surface area contributed by atoms with Crippen LogP contribution in [0.4, 0.5) is 5.82 Å². The van der Waals surface area contributed by atoms with E-state index in [0.29, 0.717) is 11.1 Å². The summed E-state index contributed by atoms with van der Waals surface area (Å²) >= 11 is 6.19. The topological polar surface area (TPSA) is 38.2 Å². The number of methoxy groups -OCH3 is 1. The van der Waals surface area contributed by atoms with Gasteiger partial charge in [0.25, 0.3) is 0 Å². The van der Waals surface area contributed by atoms with E-state index in [4.69, 9.17) is 16.3 Å². The molecule has 0 saturated carbocycles. The molecule has 5 heteroatoms. The Balaban J connectivity index is 2.07. The van der Waals surface area contributed by atoms with Gasteiger partial charge in [-0.1, -0.05) is 11.6 Å². The largest absolute Gasteiger partial charge is 0.384 e. The first kappa shape index (κ1) is 13.6. The maximum atomic E-state index is 6.19. The average Bonchev–Trinajstić information content (AvgIpc) is 2.35. The van der Waals surface area contributed by atoms with Crippen molar-refractivity contribution in [3.05, 3.63) is 16.5 Å². The predicted octanol–water partition coefficient (Wildman–Crippen LogP) is 2.61. The molecule has 1 aromatic rings. The molecule has 1 saturated heterocycles. The smallest absolute Gasteiger partial charge is 0.171 e. The Morgan fingerprint density at radius 1 is 1.22 bits per heavy atom. The lowest BCUT2D eigenvalue weighted by Gasteiger charge is -2.32. The number of anilines is 1. The fraction of sp³-hybridized carbons (Fsp3) is 0.692. The van der Waals surface area contributed by atoms with Crippen LogP contribution in [0.5, 0.6) is 0 Å². The first-order valence-electron chi connectivity index (χ1n) is 6.36. The second kappa shape index (κ2) is 5.85. The normalized spacial score (nSPS) is 17.2. The van der Waals surface area contributed by atoms with Crippen LogP contribution in [0.1, 0.15) is 24.2 Å². The van der Waals surface area contributed by atoms with Gasteiger partial charge < -0.3 is 9.64 Å². The first-order chi connectivity index (χ1) is 8.61. The van der Waals surface area contributed by atoms with Gasteiger partial charge in [0.1, 0.15) is 0 Å². The van der Waals surface area contributed by atoms with Crippen LogP contribution in [0.25, 0.3) is 0 Å². The number of aromatic nitrogens is 2. The summed E-state index contributed by atoms with van der Waals surface area (Å²) in [6, 6.07) is 0. The molecule has 2 heterocycles. The summed E-state index contributed by atoms with van der Waals surface area (Å²) in [5, 5.41) is 0.517. The zero-order valence-corrected chi connectivity index (χ0v) is 12.0. The Morgan fingerprint density at radius 3 is 2.44 bits per heavy atom. The van der Waals surface area contributed by atoms with E-state index in [2.05, 4.69) is 14.9 Å². The van der Waals surface area contributed by atoms with Gasteiger partial charge in [-0.05, 0) is 32.6 Å². The van der Waals surface area contributed by atoms with Crippen molar-refractivity contribution in [2.24, 2.45) is 5.92 Å². The summed E-state index contributed by atoms with van der Waals surface area (Å²) in [4.78, 5) is 11.1. The molecule has 0 bridgehead atoms. The van der Waals surface area contributed by atoms with Crippen LogP contribution >= 0.6 is 11.6 Å². The maximum absolute atomic E-state index is 6.19. The van der Waals surface area contributed by atoms with Crippen molar-refractivity contribution in [3.63, 3.8) is 0 Å². The van der Waals surface area contributed by atoms with Crippen molar-refractivity contribution >= 4 is 17.4 Å². The molecule has 0 aliphatic carbocycles. The van der Waals surface area contributed by atoms with Gasteiger partial charge in [-0.3, -0.25) is 0 Å². The number of hydrogen-bond acceptors (Lipinski definition) is 4. The van der Waals surface area contributed by atoms with Crippen LogP contribution in [-0.4, -0.2) is 36.8 Å². The van der Waals surface area contributed by atoms with Gasteiger partial charge in [-0.15, -0.1) is 0 Å². The molecule has 2 rings (SSSR count). The fourth-order valence-electron chi connectivity index (χ4n) is 2.31. The molecule has 0 amide bonds. The Kier molecular flexibility index (Phi) is 4.40. The van der Waals surface area contributed by atoms with Crippen molar-refractivity contribution in [3.8, 4) is 0 Å². The van der Waals surface area contributed by atoms with Crippen LogP contribution < -0.4 is 4.90 Å². The summed E-state index contributed by atoms with van der Waals surface area (Å²) in [5.74, 6) is 1.49. The zero-order chi connectivity index (χ0) is 13.1. The highest BCUT2D eigenvalue weighted by molar-refractivity contribution is 6.31. The third kappa shape index (κ3) is 2.93. The second-order valence-corrected chi connectivity index (χ2v) is 5.25. The summed E-state index contributed by atoms with van der Waals surface area (Å²) in [5.41, 5.74) is 1.85. The molecule has 1 aliphatic rings. The van der Waals surface area contributed by atoms with E-state index in [1.165, 1.54) is 0 Å². The standard InChI is InChI=1S/C13H20ClN3O/c1-9-10(2)16-13(12(14)15-9)17-6-4-11(5-7-17)8-18-3/h11H,4-8H2,1-3H3.